The van der Waals surface area contributed by atoms with Crippen LogP contribution in [0.25, 0.3) is 0 Å². The average molecular weight is 170 g/mol. The Kier molecular flexibility index (Phi) is 1.74. The highest BCUT2D eigenvalue weighted by atomic mass is 16.6. The second kappa shape index (κ2) is 2.46. The number of ether oxygens (including phenoxy) is 1. The van der Waals surface area contributed by atoms with Crippen LogP contribution in [0.1, 0.15) is 33.6 Å². The van der Waals surface area contributed by atoms with Crippen molar-refractivity contribution in [3.63, 3.8) is 0 Å². The van der Waals surface area contributed by atoms with Crippen LogP contribution in [0, 0.1) is 11.8 Å². The Morgan fingerprint density at radius 3 is 2.75 bits per heavy atom. The Balaban J connectivity index is 2.03. The Bertz CT molecular complexity index is 186. The number of rotatable bonds is 1. The standard InChI is InChI=1S/C10H18O2/c1-6(2)7-4-5-10(3,11)9-8(7)12-9/h6-9,11H,4-5H2,1-3H3/t7-,8-,9-,10+/m1/s1. The molecule has 0 bridgehead atoms. The molecule has 1 N–H and O–H groups in total. The van der Waals surface area contributed by atoms with Gasteiger partial charge in [0, 0.05) is 0 Å². The Morgan fingerprint density at radius 1 is 1.50 bits per heavy atom. The van der Waals surface area contributed by atoms with E-state index in [1.165, 1.54) is 0 Å². The van der Waals surface area contributed by atoms with Crippen molar-refractivity contribution in [1.82, 2.24) is 0 Å². The van der Waals surface area contributed by atoms with Crippen molar-refractivity contribution in [3.8, 4) is 0 Å². The fourth-order valence-electron chi connectivity index (χ4n) is 2.43. The fraction of sp³-hybridized carbons (Fsp3) is 1.00. The summed E-state index contributed by atoms with van der Waals surface area (Å²) >= 11 is 0. The number of fused-ring (bicyclic) bond motifs is 1. The van der Waals surface area contributed by atoms with E-state index in [9.17, 15) is 5.11 Å². The molecule has 2 rings (SSSR count). The van der Waals surface area contributed by atoms with Crippen molar-refractivity contribution >= 4 is 0 Å². The Morgan fingerprint density at radius 2 is 2.17 bits per heavy atom. The van der Waals surface area contributed by atoms with E-state index < -0.39 is 5.60 Å². The number of hydrogen-bond acceptors (Lipinski definition) is 2. The predicted octanol–water partition coefficient (Wildman–Crippen LogP) is 1.57. The third kappa shape index (κ3) is 1.17. The molecule has 12 heavy (non-hydrogen) atoms. The summed E-state index contributed by atoms with van der Waals surface area (Å²) in [7, 11) is 0. The maximum absolute atomic E-state index is 9.86. The van der Waals surface area contributed by atoms with E-state index in [4.69, 9.17) is 4.74 Å². The van der Waals surface area contributed by atoms with Crippen LogP contribution in [0.5, 0.6) is 0 Å². The minimum atomic E-state index is -0.546. The molecule has 2 aliphatic rings. The molecule has 1 saturated carbocycles. The van der Waals surface area contributed by atoms with Crippen LogP contribution in [0.3, 0.4) is 0 Å². The third-order valence-corrected chi connectivity index (χ3v) is 3.40. The maximum Gasteiger partial charge on any atom is 0.113 e. The summed E-state index contributed by atoms with van der Waals surface area (Å²) in [6.45, 7) is 6.38. The molecular weight excluding hydrogens is 152 g/mol. The van der Waals surface area contributed by atoms with E-state index in [1.54, 1.807) is 0 Å². The molecule has 0 spiro atoms. The van der Waals surface area contributed by atoms with Gasteiger partial charge < -0.3 is 9.84 Å². The quantitative estimate of drug-likeness (QED) is 0.606. The van der Waals surface area contributed by atoms with Crippen LogP contribution in [0.15, 0.2) is 0 Å². The fourth-order valence-corrected chi connectivity index (χ4v) is 2.43. The largest absolute Gasteiger partial charge is 0.387 e. The van der Waals surface area contributed by atoms with Crippen molar-refractivity contribution in [1.29, 1.82) is 0 Å². The topological polar surface area (TPSA) is 32.8 Å². The van der Waals surface area contributed by atoms with E-state index in [1.807, 2.05) is 6.92 Å². The lowest BCUT2D eigenvalue weighted by atomic mass is 9.75. The van der Waals surface area contributed by atoms with Crippen LogP contribution >= 0.6 is 0 Å². The van der Waals surface area contributed by atoms with Gasteiger partial charge in [0.1, 0.15) is 6.10 Å². The lowest BCUT2D eigenvalue weighted by molar-refractivity contribution is 0.00964. The van der Waals surface area contributed by atoms with Crippen molar-refractivity contribution in [2.24, 2.45) is 11.8 Å². The van der Waals surface area contributed by atoms with Gasteiger partial charge in [-0.3, -0.25) is 0 Å². The van der Waals surface area contributed by atoms with E-state index in [0.29, 0.717) is 17.9 Å². The summed E-state index contributed by atoms with van der Waals surface area (Å²) in [5.41, 5.74) is -0.546. The third-order valence-electron chi connectivity index (χ3n) is 3.40. The van der Waals surface area contributed by atoms with Crippen molar-refractivity contribution in [2.45, 2.75) is 51.4 Å². The van der Waals surface area contributed by atoms with Gasteiger partial charge >= 0.3 is 0 Å². The SMILES string of the molecule is CC(C)[C@H]1CC[C@](C)(O)[C@@H]2O[C@H]12. The molecule has 0 unspecified atom stereocenters. The average Bonchev–Trinajstić information content (AvgIpc) is 2.65. The molecule has 0 radical (unpaired) electrons. The van der Waals surface area contributed by atoms with Gasteiger partial charge in [0.2, 0.25) is 0 Å². The highest BCUT2D eigenvalue weighted by molar-refractivity contribution is 5.06. The van der Waals surface area contributed by atoms with Gasteiger partial charge in [-0.1, -0.05) is 13.8 Å². The molecule has 0 aromatic heterocycles. The van der Waals surface area contributed by atoms with Gasteiger partial charge in [0.05, 0.1) is 11.7 Å². The van der Waals surface area contributed by atoms with Gasteiger partial charge in [-0.15, -0.1) is 0 Å². The molecule has 2 nitrogen and oxygen atoms in total. The summed E-state index contributed by atoms with van der Waals surface area (Å²) in [6.07, 6.45) is 2.51. The lowest BCUT2D eigenvalue weighted by Crippen LogP contribution is -2.40. The maximum atomic E-state index is 9.86. The summed E-state index contributed by atoms with van der Waals surface area (Å²) in [6, 6.07) is 0. The van der Waals surface area contributed by atoms with E-state index >= 15 is 0 Å². The zero-order valence-electron chi connectivity index (χ0n) is 8.08. The van der Waals surface area contributed by atoms with Crippen LogP contribution in [0.2, 0.25) is 0 Å². The van der Waals surface area contributed by atoms with Crippen molar-refractivity contribution < 1.29 is 9.84 Å². The molecule has 1 aliphatic heterocycles. The molecule has 0 amide bonds. The second-order valence-corrected chi connectivity index (χ2v) is 4.83. The zero-order valence-corrected chi connectivity index (χ0v) is 8.08. The monoisotopic (exact) mass is 170 g/mol. The first-order chi connectivity index (χ1) is 5.52. The van der Waals surface area contributed by atoms with Gasteiger partial charge in [-0.2, -0.15) is 0 Å². The van der Waals surface area contributed by atoms with Crippen LogP contribution in [-0.2, 0) is 4.74 Å². The predicted molar refractivity (Wildman–Crippen MR) is 46.8 cm³/mol. The number of epoxide rings is 1. The first-order valence-corrected chi connectivity index (χ1v) is 4.90. The zero-order chi connectivity index (χ0) is 8.93. The molecule has 70 valence electrons. The smallest absolute Gasteiger partial charge is 0.113 e. The minimum absolute atomic E-state index is 0.138. The minimum Gasteiger partial charge on any atom is -0.387 e. The molecule has 1 saturated heterocycles. The molecule has 0 aromatic carbocycles. The molecule has 1 aliphatic carbocycles. The van der Waals surface area contributed by atoms with E-state index in [-0.39, 0.29) is 6.10 Å². The van der Waals surface area contributed by atoms with Gasteiger partial charge in [-0.05, 0) is 31.6 Å². The summed E-state index contributed by atoms with van der Waals surface area (Å²) in [4.78, 5) is 0. The number of hydrogen-bond donors (Lipinski definition) is 1. The Hall–Kier alpha value is -0.0800. The van der Waals surface area contributed by atoms with E-state index in [0.717, 1.165) is 12.8 Å². The summed E-state index contributed by atoms with van der Waals surface area (Å²) < 4.78 is 5.52. The van der Waals surface area contributed by atoms with Gasteiger partial charge in [0.25, 0.3) is 0 Å². The van der Waals surface area contributed by atoms with Crippen molar-refractivity contribution in [2.75, 3.05) is 0 Å². The van der Waals surface area contributed by atoms with Crippen LogP contribution in [0.4, 0.5) is 0 Å². The van der Waals surface area contributed by atoms with Gasteiger partial charge in [-0.25, -0.2) is 0 Å². The normalized spacial score (nSPS) is 52.2. The van der Waals surface area contributed by atoms with Crippen LogP contribution in [-0.4, -0.2) is 22.9 Å². The first kappa shape index (κ1) is 8.52. The number of aliphatic hydroxyl groups is 1. The highest BCUT2D eigenvalue weighted by Crippen LogP contribution is 2.48. The molecule has 2 fully saturated rings. The van der Waals surface area contributed by atoms with Crippen molar-refractivity contribution in [3.05, 3.63) is 0 Å². The lowest BCUT2D eigenvalue weighted by Gasteiger charge is -2.30. The molecule has 1 heterocycles. The molecule has 2 heteroatoms. The van der Waals surface area contributed by atoms with E-state index in [2.05, 4.69) is 13.8 Å². The molecule has 0 aromatic rings. The molecule has 4 atom stereocenters. The molecular formula is C10H18O2. The van der Waals surface area contributed by atoms with Crippen LogP contribution < -0.4 is 0 Å². The Labute approximate surface area is 73.9 Å². The summed E-state index contributed by atoms with van der Waals surface area (Å²) in [5.74, 6) is 1.37. The summed E-state index contributed by atoms with van der Waals surface area (Å²) in [5, 5.41) is 9.86. The van der Waals surface area contributed by atoms with Gasteiger partial charge in [0.15, 0.2) is 0 Å². The highest BCUT2D eigenvalue weighted by Gasteiger charge is 2.58. The first-order valence-electron chi connectivity index (χ1n) is 4.90. The second-order valence-electron chi connectivity index (χ2n) is 4.83.